The Hall–Kier alpha value is -2.86. The first-order valence-corrected chi connectivity index (χ1v) is 11.1. The summed E-state index contributed by atoms with van der Waals surface area (Å²) in [7, 11) is 0. The van der Waals surface area contributed by atoms with E-state index in [0.29, 0.717) is 50.3 Å². The summed E-state index contributed by atoms with van der Waals surface area (Å²) in [6.45, 7) is 1.31. The third-order valence-corrected chi connectivity index (χ3v) is 6.36. The van der Waals surface area contributed by atoms with Crippen LogP contribution >= 0.6 is 11.6 Å². The maximum atomic E-state index is 12.8. The highest BCUT2D eigenvalue weighted by Gasteiger charge is 2.46. The lowest BCUT2D eigenvalue weighted by Crippen LogP contribution is -2.39. The van der Waals surface area contributed by atoms with E-state index in [2.05, 4.69) is 5.32 Å². The molecule has 2 aliphatic rings. The molecule has 1 atom stereocenters. The quantitative estimate of drug-likeness (QED) is 0.501. The molecule has 0 bridgehead atoms. The number of carbonyl (C=O) groups is 3. The summed E-state index contributed by atoms with van der Waals surface area (Å²) in [5, 5.41) is 3.52. The van der Waals surface area contributed by atoms with Gasteiger partial charge in [0.25, 0.3) is 5.91 Å². The van der Waals surface area contributed by atoms with Crippen molar-refractivity contribution in [2.45, 2.75) is 51.2 Å². The molecule has 1 N–H and O–H groups in total. The number of nitrogens with zero attached hydrogens (tertiary/aromatic N) is 2. The molecule has 1 fully saturated rings. The van der Waals surface area contributed by atoms with Crippen molar-refractivity contribution < 1.29 is 14.4 Å². The van der Waals surface area contributed by atoms with Crippen molar-refractivity contribution in [3.8, 4) is 0 Å². The molecule has 1 saturated heterocycles. The molecule has 2 aromatic rings. The van der Waals surface area contributed by atoms with E-state index in [1.54, 1.807) is 11.0 Å². The Labute approximate surface area is 187 Å². The summed E-state index contributed by atoms with van der Waals surface area (Å²) in [6.07, 6.45) is 3.19. The van der Waals surface area contributed by atoms with Crippen LogP contribution in [0.3, 0.4) is 0 Å². The minimum atomic E-state index is -0.377. The van der Waals surface area contributed by atoms with E-state index in [1.165, 1.54) is 4.90 Å². The van der Waals surface area contributed by atoms with Gasteiger partial charge < -0.3 is 10.2 Å². The molecule has 0 spiro atoms. The SMILES string of the molecule is O=C(CCCCCN1C(=O)[C@@H]2Cc3ccccc3CN2C1=O)NCc1ccccc1Cl. The normalized spacial score (nSPS) is 17.5. The number of urea groups is 1. The number of rotatable bonds is 8. The van der Waals surface area contributed by atoms with Gasteiger partial charge in [0.15, 0.2) is 0 Å². The topological polar surface area (TPSA) is 69.7 Å². The molecular weight excluding hydrogens is 414 g/mol. The molecule has 4 amide bonds. The lowest BCUT2D eigenvalue weighted by molar-refractivity contribution is -0.128. The van der Waals surface area contributed by atoms with Crippen LogP contribution in [0.4, 0.5) is 4.79 Å². The van der Waals surface area contributed by atoms with Crippen LogP contribution in [0.2, 0.25) is 5.02 Å². The van der Waals surface area contributed by atoms with E-state index in [9.17, 15) is 14.4 Å². The minimum absolute atomic E-state index is 0.0249. The Kier molecular flexibility index (Phi) is 6.56. The predicted molar refractivity (Wildman–Crippen MR) is 118 cm³/mol. The van der Waals surface area contributed by atoms with Gasteiger partial charge in [-0.1, -0.05) is 60.5 Å². The van der Waals surface area contributed by atoms with Gasteiger partial charge in [0.1, 0.15) is 6.04 Å². The number of nitrogens with one attached hydrogen (secondary N) is 1. The van der Waals surface area contributed by atoms with Crippen LogP contribution in [0.15, 0.2) is 48.5 Å². The van der Waals surface area contributed by atoms with Gasteiger partial charge in [-0.2, -0.15) is 0 Å². The Bertz CT molecular complexity index is 951. The summed E-state index contributed by atoms with van der Waals surface area (Å²) in [6, 6.07) is 14.8. The van der Waals surface area contributed by atoms with Crippen LogP contribution < -0.4 is 5.32 Å². The van der Waals surface area contributed by atoms with E-state index >= 15 is 0 Å². The maximum absolute atomic E-state index is 12.8. The van der Waals surface area contributed by atoms with Gasteiger partial charge in [-0.05, 0) is 35.6 Å². The zero-order valence-corrected chi connectivity index (χ0v) is 18.1. The highest BCUT2D eigenvalue weighted by molar-refractivity contribution is 6.31. The summed E-state index contributed by atoms with van der Waals surface area (Å²) in [5.74, 6) is -0.125. The van der Waals surface area contributed by atoms with E-state index in [4.69, 9.17) is 11.6 Å². The number of benzene rings is 2. The van der Waals surface area contributed by atoms with Crippen molar-refractivity contribution in [3.05, 3.63) is 70.2 Å². The highest BCUT2D eigenvalue weighted by Crippen LogP contribution is 2.30. The van der Waals surface area contributed by atoms with Crippen molar-refractivity contribution in [1.29, 1.82) is 0 Å². The summed E-state index contributed by atoms with van der Waals surface area (Å²) < 4.78 is 0. The van der Waals surface area contributed by atoms with Gasteiger partial charge in [0.05, 0.1) is 0 Å². The maximum Gasteiger partial charge on any atom is 0.327 e. The lowest BCUT2D eigenvalue weighted by atomic mass is 9.95. The van der Waals surface area contributed by atoms with E-state index in [-0.39, 0.29) is 23.9 Å². The smallest absolute Gasteiger partial charge is 0.327 e. The average molecular weight is 440 g/mol. The second-order valence-electron chi connectivity index (χ2n) is 8.07. The average Bonchev–Trinajstić information content (AvgIpc) is 3.01. The molecule has 0 aromatic heterocycles. The molecule has 31 heavy (non-hydrogen) atoms. The standard InChI is InChI=1S/C24H26ClN3O3/c25-20-11-6-5-9-18(20)15-26-22(29)12-2-1-7-13-27-23(30)21-14-17-8-3-4-10-19(17)16-28(21)24(27)31/h3-6,8-11,21H,1-2,7,12-16H2,(H,26,29)/t21-/m0/s1. The third-order valence-electron chi connectivity index (χ3n) is 6.00. The summed E-state index contributed by atoms with van der Waals surface area (Å²) in [5.41, 5.74) is 3.15. The van der Waals surface area contributed by atoms with Crippen LogP contribution in [-0.2, 0) is 29.1 Å². The van der Waals surface area contributed by atoms with Crippen molar-refractivity contribution >= 4 is 29.4 Å². The molecule has 7 heteroatoms. The first-order chi connectivity index (χ1) is 15.0. The first kappa shape index (κ1) is 21.4. The molecule has 0 saturated carbocycles. The number of carbonyl (C=O) groups excluding carboxylic acids is 3. The zero-order chi connectivity index (χ0) is 21.8. The van der Waals surface area contributed by atoms with Crippen LogP contribution in [0.5, 0.6) is 0 Å². The molecular formula is C24H26ClN3O3. The van der Waals surface area contributed by atoms with E-state index < -0.39 is 0 Å². The van der Waals surface area contributed by atoms with Crippen LogP contribution in [0.1, 0.15) is 42.4 Å². The van der Waals surface area contributed by atoms with E-state index in [0.717, 1.165) is 23.1 Å². The molecule has 6 nitrogen and oxygen atoms in total. The van der Waals surface area contributed by atoms with Crippen molar-refractivity contribution in [2.24, 2.45) is 0 Å². The van der Waals surface area contributed by atoms with Crippen molar-refractivity contribution in [2.75, 3.05) is 6.54 Å². The molecule has 0 aliphatic carbocycles. The molecule has 0 unspecified atom stereocenters. The fraction of sp³-hybridized carbons (Fsp3) is 0.375. The number of hydrogen-bond acceptors (Lipinski definition) is 3. The fourth-order valence-electron chi connectivity index (χ4n) is 4.24. The predicted octanol–water partition coefficient (Wildman–Crippen LogP) is 3.91. The monoisotopic (exact) mass is 439 g/mol. The number of unbranched alkanes of at least 4 members (excludes halogenated alkanes) is 2. The number of imide groups is 1. The minimum Gasteiger partial charge on any atom is -0.352 e. The molecule has 2 aromatic carbocycles. The summed E-state index contributed by atoms with van der Waals surface area (Å²) >= 11 is 6.10. The van der Waals surface area contributed by atoms with Crippen LogP contribution in [0, 0.1) is 0 Å². The lowest BCUT2D eigenvalue weighted by Gasteiger charge is -2.28. The van der Waals surface area contributed by atoms with Gasteiger partial charge in [-0.15, -0.1) is 0 Å². The number of amides is 4. The van der Waals surface area contributed by atoms with Gasteiger partial charge in [0, 0.05) is 37.5 Å². The molecule has 0 radical (unpaired) electrons. The molecule has 4 rings (SSSR count). The van der Waals surface area contributed by atoms with Crippen LogP contribution in [0.25, 0.3) is 0 Å². The van der Waals surface area contributed by atoms with Crippen molar-refractivity contribution in [1.82, 2.24) is 15.1 Å². The molecule has 2 heterocycles. The Morgan fingerprint density at radius 2 is 1.74 bits per heavy atom. The highest BCUT2D eigenvalue weighted by atomic mass is 35.5. The van der Waals surface area contributed by atoms with Gasteiger partial charge in [0.2, 0.25) is 5.91 Å². The molecule has 2 aliphatic heterocycles. The zero-order valence-electron chi connectivity index (χ0n) is 17.4. The second-order valence-corrected chi connectivity index (χ2v) is 8.47. The van der Waals surface area contributed by atoms with Gasteiger partial charge >= 0.3 is 6.03 Å². The Morgan fingerprint density at radius 3 is 2.55 bits per heavy atom. The van der Waals surface area contributed by atoms with Gasteiger partial charge in [-0.3, -0.25) is 14.5 Å². The third kappa shape index (κ3) is 4.74. The second kappa shape index (κ2) is 9.52. The van der Waals surface area contributed by atoms with E-state index in [1.807, 2.05) is 42.5 Å². The van der Waals surface area contributed by atoms with Gasteiger partial charge in [-0.25, -0.2) is 4.79 Å². The molecule has 162 valence electrons. The largest absolute Gasteiger partial charge is 0.352 e. The fourth-order valence-corrected chi connectivity index (χ4v) is 4.44. The van der Waals surface area contributed by atoms with Crippen LogP contribution in [-0.4, -0.2) is 40.2 Å². The summed E-state index contributed by atoms with van der Waals surface area (Å²) in [4.78, 5) is 40.6. The number of hydrogen-bond donors (Lipinski definition) is 1. The Morgan fingerprint density at radius 1 is 1.00 bits per heavy atom. The first-order valence-electron chi connectivity index (χ1n) is 10.7. The number of fused-ring (bicyclic) bond motifs is 2. The van der Waals surface area contributed by atoms with Crippen molar-refractivity contribution in [3.63, 3.8) is 0 Å². The Balaban J connectivity index is 1.18. The number of halogens is 1.